The zero-order chi connectivity index (χ0) is 18.0. The zero-order valence-electron chi connectivity index (χ0n) is 14.1. The van der Waals surface area contributed by atoms with Gasteiger partial charge in [0.2, 0.25) is 5.52 Å². The number of rotatable bonds is 6. The average molecular weight is 394 g/mol. The van der Waals surface area contributed by atoms with Crippen LogP contribution in [0.2, 0.25) is 0 Å². The van der Waals surface area contributed by atoms with Crippen LogP contribution in [0, 0.1) is 0 Å². The molecule has 0 unspecified atom stereocenters. The van der Waals surface area contributed by atoms with Crippen molar-refractivity contribution >= 4 is 60.3 Å². The maximum Gasteiger partial charge on any atom is 0.263 e. The van der Waals surface area contributed by atoms with Crippen LogP contribution in [-0.4, -0.2) is 25.0 Å². The Labute approximate surface area is 155 Å². The quantitative estimate of drug-likeness (QED) is 0.469. The molecule has 0 aliphatic rings. The monoisotopic (exact) mass is 393 g/mol. The molecule has 0 saturated carbocycles. The largest absolute Gasteiger partial charge is 0.748 e. The first-order valence-electron chi connectivity index (χ1n) is 7.89. The fourth-order valence-electron chi connectivity index (χ4n) is 2.84. The Morgan fingerprint density at radius 3 is 2.76 bits per heavy atom. The van der Waals surface area contributed by atoms with Crippen LogP contribution in [0.5, 0.6) is 0 Å². The highest BCUT2D eigenvalue weighted by molar-refractivity contribution is 8.02. The zero-order valence-corrected chi connectivity index (χ0v) is 16.5. The highest BCUT2D eigenvalue weighted by atomic mass is 32.2. The van der Waals surface area contributed by atoms with Gasteiger partial charge in [0.1, 0.15) is 4.70 Å². The number of allylic oxidation sites excluding steroid dienone is 1. The first-order valence-corrected chi connectivity index (χ1v) is 11.5. The molecule has 0 aliphatic heterocycles. The third-order valence-corrected chi connectivity index (χ3v) is 6.69. The van der Waals surface area contributed by atoms with Crippen molar-refractivity contribution in [3.8, 4) is 0 Å². The number of nitrogens with zero attached hydrogens (tertiary/aromatic N) is 1. The lowest BCUT2D eigenvalue weighted by Gasteiger charge is -2.05. The number of hydrogen-bond acceptors (Lipinski definition) is 5. The summed E-state index contributed by atoms with van der Waals surface area (Å²) in [7, 11) is -4.19. The summed E-state index contributed by atoms with van der Waals surface area (Å²) in [4.78, 5) is 1.18. The molecule has 1 heterocycles. The van der Waals surface area contributed by atoms with E-state index in [0.29, 0.717) is 13.0 Å². The maximum absolute atomic E-state index is 11.0. The number of aryl methyl sites for hydroxylation is 1. The van der Waals surface area contributed by atoms with E-state index in [1.54, 1.807) is 23.1 Å². The number of hydrogen-bond donors (Lipinski definition) is 0. The Balaban J connectivity index is 2.17. The van der Waals surface area contributed by atoms with Gasteiger partial charge in [0, 0.05) is 18.2 Å². The van der Waals surface area contributed by atoms with E-state index in [0.717, 1.165) is 26.0 Å². The third-order valence-electron chi connectivity index (χ3n) is 4.04. The number of thiazole rings is 1. The highest BCUT2D eigenvalue weighted by Gasteiger charge is 2.21. The first-order chi connectivity index (χ1) is 11.9. The van der Waals surface area contributed by atoms with Gasteiger partial charge in [-0.05, 0) is 35.6 Å². The molecular formula is C18H19NO3S3. The average Bonchev–Trinajstić information content (AvgIpc) is 2.91. The highest BCUT2D eigenvalue weighted by Crippen LogP contribution is 2.30. The van der Waals surface area contributed by atoms with Crippen molar-refractivity contribution in [3.05, 3.63) is 46.3 Å². The summed E-state index contributed by atoms with van der Waals surface area (Å²) in [6, 6.07) is 12.4. The van der Waals surface area contributed by atoms with Gasteiger partial charge in [-0.3, -0.25) is 0 Å². The minimum absolute atomic E-state index is 0.310. The summed E-state index contributed by atoms with van der Waals surface area (Å²) in [6.07, 6.45) is 4.46. The van der Waals surface area contributed by atoms with Crippen LogP contribution in [0.25, 0.3) is 27.1 Å². The van der Waals surface area contributed by atoms with Crippen molar-refractivity contribution in [2.45, 2.75) is 19.9 Å². The Kier molecular flexibility index (Phi) is 5.48. The molecule has 1 aromatic heterocycles. The summed E-state index contributed by atoms with van der Waals surface area (Å²) in [5.74, 6) is -0.341. The molecule has 0 radical (unpaired) electrons. The fraction of sp³-hybridized carbons (Fsp3) is 0.278. The van der Waals surface area contributed by atoms with Crippen LogP contribution in [0.3, 0.4) is 0 Å². The second kappa shape index (κ2) is 7.45. The van der Waals surface area contributed by atoms with Gasteiger partial charge in [-0.25, -0.2) is 8.42 Å². The molecule has 3 rings (SSSR count). The molecule has 0 bridgehead atoms. The molecule has 3 aromatic rings. The van der Waals surface area contributed by atoms with Gasteiger partial charge >= 0.3 is 0 Å². The van der Waals surface area contributed by atoms with E-state index in [-0.39, 0.29) is 5.75 Å². The van der Waals surface area contributed by atoms with E-state index in [9.17, 15) is 13.0 Å². The second-order valence-electron chi connectivity index (χ2n) is 5.80. The van der Waals surface area contributed by atoms with Gasteiger partial charge in [-0.1, -0.05) is 35.6 Å². The van der Waals surface area contributed by atoms with E-state index in [2.05, 4.69) is 41.8 Å². The normalized spacial score (nSPS) is 13.0. The lowest BCUT2D eigenvalue weighted by Crippen LogP contribution is -2.36. The summed E-state index contributed by atoms with van der Waals surface area (Å²) < 4.78 is 36.2. The molecule has 0 aliphatic carbocycles. The molecule has 0 fully saturated rings. The summed E-state index contributed by atoms with van der Waals surface area (Å²) >= 11 is 3.36. The van der Waals surface area contributed by atoms with Crippen molar-refractivity contribution in [1.82, 2.24) is 0 Å². The van der Waals surface area contributed by atoms with Crippen LogP contribution in [0.1, 0.15) is 18.4 Å². The Hall–Kier alpha value is -1.41. The third kappa shape index (κ3) is 4.23. The van der Waals surface area contributed by atoms with Crippen LogP contribution in [0.4, 0.5) is 0 Å². The van der Waals surface area contributed by atoms with E-state index in [1.807, 2.05) is 18.4 Å². The van der Waals surface area contributed by atoms with E-state index < -0.39 is 10.1 Å². The molecule has 0 N–H and O–H groups in total. The van der Waals surface area contributed by atoms with Gasteiger partial charge in [0.05, 0.1) is 15.5 Å². The molecule has 0 spiro atoms. The van der Waals surface area contributed by atoms with E-state index in [1.165, 1.54) is 4.91 Å². The van der Waals surface area contributed by atoms with Crippen molar-refractivity contribution in [2.24, 2.45) is 0 Å². The summed E-state index contributed by atoms with van der Waals surface area (Å²) in [5, 5.41) is 3.36. The Morgan fingerprint density at radius 2 is 2.04 bits per heavy atom. The molecule has 4 nitrogen and oxygen atoms in total. The number of aromatic nitrogens is 1. The van der Waals surface area contributed by atoms with Crippen LogP contribution in [-0.2, 0) is 16.7 Å². The Bertz CT molecular complexity index is 1050. The minimum atomic E-state index is -4.19. The lowest BCUT2D eigenvalue weighted by molar-refractivity contribution is -0.667. The summed E-state index contributed by atoms with van der Waals surface area (Å²) in [5.41, 5.74) is 1.10. The summed E-state index contributed by atoms with van der Waals surface area (Å²) in [6.45, 7) is 2.56. The van der Waals surface area contributed by atoms with Crippen molar-refractivity contribution in [2.75, 3.05) is 12.0 Å². The molecular weight excluding hydrogens is 374 g/mol. The van der Waals surface area contributed by atoms with Gasteiger partial charge in [0.25, 0.3) is 5.01 Å². The lowest BCUT2D eigenvalue weighted by atomic mass is 10.1. The molecule has 0 amide bonds. The molecule has 0 saturated heterocycles. The van der Waals surface area contributed by atoms with Crippen molar-refractivity contribution in [3.63, 3.8) is 0 Å². The van der Waals surface area contributed by atoms with Crippen molar-refractivity contribution < 1.29 is 17.5 Å². The predicted octanol–water partition coefficient (Wildman–Crippen LogP) is 4.00. The molecule has 7 heteroatoms. The maximum atomic E-state index is 11.0. The number of thioether (sulfide) groups is 1. The first kappa shape index (κ1) is 18.4. The van der Waals surface area contributed by atoms with Gasteiger partial charge in [-0.2, -0.15) is 4.57 Å². The van der Waals surface area contributed by atoms with Crippen LogP contribution >= 0.6 is 23.1 Å². The Morgan fingerprint density at radius 1 is 1.28 bits per heavy atom. The number of fused-ring (bicyclic) bond motifs is 3. The van der Waals surface area contributed by atoms with E-state index >= 15 is 0 Å². The fourth-order valence-corrected chi connectivity index (χ4v) is 4.83. The van der Waals surface area contributed by atoms with Gasteiger partial charge < -0.3 is 4.55 Å². The van der Waals surface area contributed by atoms with Gasteiger partial charge in [-0.15, -0.1) is 11.8 Å². The van der Waals surface area contributed by atoms with Crippen LogP contribution in [0.15, 0.2) is 41.3 Å². The topological polar surface area (TPSA) is 61.1 Å². The van der Waals surface area contributed by atoms with Gasteiger partial charge in [0.15, 0.2) is 6.54 Å². The smallest absolute Gasteiger partial charge is 0.263 e. The van der Waals surface area contributed by atoms with E-state index in [4.69, 9.17) is 0 Å². The molecule has 0 atom stereocenters. The number of benzene rings is 2. The molecule has 25 heavy (non-hydrogen) atoms. The minimum Gasteiger partial charge on any atom is -0.748 e. The SMILES string of the molecule is CS/C(C)=C\c1sc2ccc3ccccc3c2[n+]1CCCS(=O)(=O)[O-]. The molecule has 132 valence electrons. The van der Waals surface area contributed by atoms with Crippen molar-refractivity contribution in [1.29, 1.82) is 0 Å². The predicted molar refractivity (Wildman–Crippen MR) is 106 cm³/mol. The second-order valence-corrected chi connectivity index (χ2v) is 9.44. The van der Waals surface area contributed by atoms with Crippen LogP contribution < -0.4 is 4.57 Å². The molecule has 2 aromatic carbocycles. The standard InChI is InChI=1S/C18H19NO3S3/c1-13(23-2)12-17-19(10-5-11-25(20,21)22)18-15-7-4-3-6-14(15)8-9-16(18)24-17/h3-4,6-9,12H,5,10-11H2,1-2H3/b13-12-.